The summed E-state index contributed by atoms with van der Waals surface area (Å²) >= 11 is 1.59. The maximum atomic E-state index is 5.56. The molecule has 1 aliphatic heterocycles. The Hall–Kier alpha value is -0.880. The molecule has 0 aromatic rings. The van der Waals surface area contributed by atoms with Crippen molar-refractivity contribution in [2.75, 3.05) is 12.8 Å². The number of rotatable bonds is 3. The van der Waals surface area contributed by atoms with Gasteiger partial charge in [-0.1, -0.05) is 6.92 Å². The number of hydrazone groups is 1. The van der Waals surface area contributed by atoms with E-state index < -0.39 is 0 Å². The average molecular weight is 187 g/mol. The Kier molecular flexibility index (Phi) is 3.24. The molecule has 0 aromatic carbocycles. The van der Waals surface area contributed by atoms with E-state index in [2.05, 4.69) is 16.0 Å². The van der Waals surface area contributed by atoms with Crippen LogP contribution in [0.2, 0.25) is 0 Å². The van der Waals surface area contributed by atoms with Crippen molar-refractivity contribution in [3.05, 3.63) is 11.1 Å². The van der Waals surface area contributed by atoms with Gasteiger partial charge in [-0.25, -0.2) is 0 Å². The molecule has 6 heteroatoms. The Morgan fingerprint density at radius 1 is 1.83 bits per heavy atom. The van der Waals surface area contributed by atoms with Crippen molar-refractivity contribution in [3.63, 3.8) is 0 Å². The lowest BCUT2D eigenvalue weighted by Crippen LogP contribution is -2.46. The first-order valence-electron chi connectivity index (χ1n) is 3.66. The second-order valence-corrected chi connectivity index (χ2v) is 3.02. The first-order chi connectivity index (χ1) is 5.76. The Morgan fingerprint density at radius 3 is 3.17 bits per heavy atom. The first-order valence-corrected chi connectivity index (χ1v) is 4.88. The normalized spacial score (nSPS) is 16.7. The highest BCUT2D eigenvalue weighted by atomic mass is 32.2. The maximum absolute atomic E-state index is 5.56. The van der Waals surface area contributed by atoms with E-state index in [1.807, 2.05) is 13.2 Å². The standard InChI is InChI=1S/C6H13N5S/c1-3-8-11-9-5(7)4-6(10-11)12-2/h4,8,10H,3H2,1-2H3,(H2,7,9). The van der Waals surface area contributed by atoms with E-state index in [1.54, 1.807) is 17.8 Å². The molecule has 0 atom stereocenters. The van der Waals surface area contributed by atoms with Crippen LogP contribution in [0.1, 0.15) is 6.92 Å². The first kappa shape index (κ1) is 9.21. The lowest BCUT2D eigenvalue weighted by atomic mass is 10.5. The van der Waals surface area contributed by atoms with E-state index in [9.17, 15) is 0 Å². The zero-order chi connectivity index (χ0) is 8.97. The molecule has 0 amide bonds. The van der Waals surface area contributed by atoms with Crippen LogP contribution in [0.15, 0.2) is 16.2 Å². The van der Waals surface area contributed by atoms with Crippen LogP contribution >= 0.6 is 11.8 Å². The maximum Gasteiger partial charge on any atom is 0.149 e. The molecule has 0 unspecified atom stereocenters. The zero-order valence-electron chi connectivity index (χ0n) is 7.16. The van der Waals surface area contributed by atoms with Crippen molar-refractivity contribution in [1.29, 1.82) is 0 Å². The molecule has 0 fully saturated rings. The fraction of sp³-hybridized carbons (Fsp3) is 0.500. The predicted molar refractivity (Wildman–Crippen MR) is 51.9 cm³/mol. The summed E-state index contributed by atoms with van der Waals surface area (Å²) < 4.78 is 0. The summed E-state index contributed by atoms with van der Waals surface area (Å²) in [7, 11) is 0. The lowest BCUT2D eigenvalue weighted by molar-refractivity contribution is 0.146. The Morgan fingerprint density at radius 2 is 2.58 bits per heavy atom. The molecule has 0 radical (unpaired) electrons. The van der Waals surface area contributed by atoms with Gasteiger partial charge in [0, 0.05) is 12.6 Å². The monoisotopic (exact) mass is 187 g/mol. The highest BCUT2D eigenvalue weighted by Gasteiger charge is 2.08. The van der Waals surface area contributed by atoms with Crippen LogP contribution in [0.3, 0.4) is 0 Å². The van der Waals surface area contributed by atoms with Gasteiger partial charge in [-0.05, 0) is 6.26 Å². The van der Waals surface area contributed by atoms with Gasteiger partial charge in [0.2, 0.25) is 0 Å². The summed E-state index contributed by atoms with van der Waals surface area (Å²) in [4.78, 5) is 0. The van der Waals surface area contributed by atoms with Crippen molar-refractivity contribution in [2.45, 2.75) is 6.92 Å². The van der Waals surface area contributed by atoms with Gasteiger partial charge in [-0.3, -0.25) is 5.43 Å². The Bertz CT molecular complexity index is 212. The SMILES string of the molecule is CCNN1N=C(N)C=C(SC)N1. The van der Waals surface area contributed by atoms with Gasteiger partial charge in [0.05, 0.1) is 5.03 Å². The third kappa shape index (κ3) is 2.31. The van der Waals surface area contributed by atoms with Crippen molar-refractivity contribution < 1.29 is 0 Å². The average Bonchev–Trinajstić information content (AvgIpc) is 2.04. The van der Waals surface area contributed by atoms with Crippen LogP contribution in [0.25, 0.3) is 0 Å². The summed E-state index contributed by atoms with van der Waals surface area (Å²) in [6.07, 6.45) is 3.76. The zero-order valence-corrected chi connectivity index (χ0v) is 7.98. The van der Waals surface area contributed by atoms with Gasteiger partial charge < -0.3 is 5.73 Å². The molecule has 0 saturated heterocycles. The quantitative estimate of drug-likeness (QED) is 0.571. The summed E-state index contributed by atoms with van der Waals surface area (Å²) in [6.45, 7) is 2.79. The minimum atomic E-state index is 0.499. The number of nitrogens with two attached hydrogens (primary N) is 1. The Labute approximate surface area is 76.0 Å². The van der Waals surface area contributed by atoms with Crippen LogP contribution < -0.4 is 16.6 Å². The van der Waals surface area contributed by atoms with Gasteiger partial charge in [-0.15, -0.1) is 22.1 Å². The van der Waals surface area contributed by atoms with Gasteiger partial charge in [0.1, 0.15) is 5.84 Å². The smallest absolute Gasteiger partial charge is 0.149 e. The van der Waals surface area contributed by atoms with E-state index in [1.165, 1.54) is 5.23 Å². The minimum absolute atomic E-state index is 0.499. The number of hydrazine groups is 2. The summed E-state index contributed by atoms with van der Waals surface area (Å²) in [5.41, 5.74) is 11.6. The highest BCUT2D eigenvalue weighted by molar-refractivity contribution is 8.02. The fourth-order valence-corrected chi connectivity index (χ4v) is 1.19. The molecule has 0 bridgehead atoms. The largest absolute Gasteiger partial charge is 0.382 e. The molecule has 4 N–H and O–H groups in total. The summed E-state index contributed by atoms with van der Waals surface area (Å²) in [5, 5.41) is 6.48. The summed E-state index contributed by atoms with van der Waals surface area (Å²) in [5.74, 6) is 0.499. The number of hydrogen-bond donors (Lipinski definition) is 3. The highest BCUT2D eigenvalue weighted by Crippen LogP contribution is 2.10. The van der Waals surface area contributed by atoms with Gasteiger partial charge in [-0.2, -0.15) is 5.43 Å². The topological polar surface area (TPSA) is 65.7 Å². The number of thioether (sulfide) groups is 1. The number of hydrogen-bond acceptors (Lipinski definition) is 6. The Balaban J connectivity index is 2.58. The summed E-state index contributed by atoms with van der Waals surface area (Å²) in [6, 6.07) is 0. The number of nitrogens with zero attached hydrogens (tertiary/aromatic N) is 2. The molecule has 1 aliphatic rings. The van der Waals surface area contributed by atoms with E-state index in [0.29, 0.717) is 5.84 Å². The molecular weight excluding hydrogens is 174 g/mol. The second-order valence-electron chi connectivity index (χ2n) is 2.17. The van der Waals surface area contributed by atoms with Gasteiger partial charge in [0.15, 0.2) is 0 Å². The van der Waals surface area contributed by atoms with Crippen molar-refractivity contribution >= 4 is 17.6 Å². The van der Waals surface area contributed by atoms with E-state index in [4.69, 9.17) is 5.73 Å². The second kappa shape index (κ2) is 4.22. The van der Waals surface area contributed by atoms with Crippen molar-refractivity contribution in [2.24, 2.45) is 10.8 Å². The van der Waals surface area contributed by atoms with Crippen molar-refractivity contribution in [1.82, 2.24) is 16.1 Å². The molecule has 1 heterocycles. The third-order valence-electron chi connectivity index (χ3n) is 1.24. The molecule has 0 aromatic heterocycles. The molecule has 0 spiro atoms. The van der Waals surface area contributed by atoms with Crippen LogP contribution in [0.5, 0.6) is 0 Å². The van der Waals surface area contributed by atoms with E-state index in [0.717, 1.165) is 11.6 Å². The van der Waals surface area contributed by atoms with Crippen molar-refractivity contribution in [3.8, 4) is 0 Å². The fourth-order valence-electron chi connectivity index (χ4n) is 0.770. The van der Waals surface area contributed by atoms with Gasteiger partial charge >= 0.3 is 0 Å². The van der Waals surface area contributed by atoms with Crippen LogP contribution in [-0.2, 0) is 0 Å². The van der Waals surface area contributed by atoms with Crippen LogP contribution in [0, 0.1) is 0 Å². The molecule has 12 heavy (non-hydrogen) atoms. The number of nitrogens with one attached hydrogen (secondary N) is 2. The molecule has 68 valence electrons. The van der Waals surface area contributed by atoms with Crippen LogP contribution in [0.4, 0.5) is 0 Å². The van der Waals surface area contributed by atoms with E-state index >= 15 is 0 Å². The lowest BCUT2D eigenvalue weighted by Gasteiger charge is -2.24. The molecule has 1 rings (SSSR count). The third-order valence-corrected chi connectivity index (χ3v) is 1.89. The molecular formula is C6H13N5S. The van der Waals surface area contributed by atoms with Crippen LogP contribution in [-0.4, -0.2) is 23.9 Å². The number of amidine groups is 1. The van der Waals surface area contributed by atoms with E-state index in [-0.39, 0.29) is 0 Å². The molecule has 0 aliphatic carbocycles. The molecule has 5 nitrogen and oxygen atoms in total. The predicted octanol–water partition coefficient (Wildman–Crippen LogP) is -0.192. The molecule has 0 saturated carbocycles. The minimum Gasteiger partial charge on any atom is -0.382 e. The van der Waals surface area contributed by atoms with Gasteiger partial charge in [0.25, 0.3) is 0 Å².